The molecule has 0 heterocycles. The summed E-state index contributed by atoms with van der Waals surface area (Å²) in [5.41, 5.74) is 0.268. The number of anilines is 1. The Hall–Kier alpha value is -1.81. The number of thiocarbonyl (C=S) groups is 1. The third kappa shape index (κ3) is 4.28. The van der Waals surface area contributed by atoms with Crippen LogP contribution >= 0.6 is 12.2 Å². The van der Waals surface area contributed by atoms with Crippen LogP contribution in [0.25, 0.3) is 0 Å². The van der Waals surface area contributed by atoms with Crippen LogP contribution in [-0.4, -0.2) is 11.6 Å². The molecule has 0 saturated heterocycles. The molecule has 0 unspecified atom stereocenters. The van der Waals surface area contributed by atoms with E-state index < -0.39 is 18.2 Å². The summed E-state index contributed by atoms with van der Waals surface area (Å²) in [6, 6.07) is 5.16. The van der Waals surface area contributed by atoms with Crippen molar-refractivity contribution in [1.82, 2.24) is 0 Å². The third-order valence-corrected chi connectivity index (χ3v) is 1.92. The maximum absolute atomic E-state index is 13.2. The first kappa shape index (κ1) is 13.3. The highest BCUT2D eigenvalue weighted by molar-refractivity contribution is 7.80. The van der Waals surface area contributed by atoms with E-state index in [4.69, 9.17) is 17.5 Å². The van der Waals surface area contributed by atoms with Gasteiger partial charge in [-0.15, -0.1) is 0 Å². The first-order valence-corrected chi connectivity index (χ1v) is 4.85. The van der Waals surface area contributed by atoms with E-state index in [1.54, 1.807) is 0 Å². The summed E-state index contributed by atoms with van der Waals surface area (Å²) < 4.78 is 40.9. The maximum atomic E-state index is 13.2. The Kier molecular flexibility index (Phi) is 4.72. The zero-order valence-corrected chi connectivity index (χ0v) is 9.23. The first-order chi connectivity index (χ1) is 8.02. The summed E-state index contributed by atoms with van der Waals surface area (Å²) in [5.74, 6) is -1.48. The summed E-state index contributed by atoms with van der Waals surface area (Å²) in [4.78, 5) is 0.217. The highest BCUT2D eigenvalue weighted by Gasteiger charge is 2.10. The molecule has 1 rings (SSSR count). The second kappa shape index (κ2) is 6.06. The van der Waals surface area contributed by atoms with Crippen LogP contribution in [0, 0.1) is 17.1 Å². The van der Waals surface area contributed by atoms with Gasteiger partial charge in [0.05, 0.1) is 17.5 Å². The van der Waals surface area contributed by atoms with Crippen molar-refractivity contribution in [2.24, 2.45) is 0 Å². The van der Waals surface area contributed by atoms with Gasteiger partial charge in [-0.2, -0.15) is 14.0 Å². The van der Waals surface area contributed by atoms with Gasteiger partial charge < -0.3 is 10.1 Å². The standard InChI is InChI=1S/C10H7F3N2OS/c11-7-5-6(15-9(17)3-4-14)1-2-8(7)16-10(12)13/h1-2,5,10H,3H2,(H,15,17). The van der Waals surface area contributed by atoms with E-state index in [2.05, 4.69) is 10.1 Å². The fourth-order valence-corrected chi connectivity index (χ4v) is 1.23. The van der Waals surface area contributed by atoms with Crippen molar-refractivity contribution >= 4 is 22.9 Å². The number of benzene rings is 1. The molecule has 0 radical (unpaired) electrons. The SMILES string of the molecule is N#CCC(=S)Nc1ccc(OC(F)F)c(F)c1. The van der Waals surface area contributed by atoms with Gasteiger partial charge in [-0.05, 0) is 12.1 Å². The van der Waals surface area contributed by atoms with Crippen LogP contribution in [0.4, 0.5) is 18.9 Å². The molecule has 0 atom stereocenters. The Bertz CT molecular complexity index is 459. The Morgan fingerprint density at radius 2 is 2.24 bits per heavy atom. The molecule has 0 aromatic heterocycles. The zero-order valence-electron chi connectivity index (χ0n) is 8.41. The first-order valence-electron chi connectivity index (χ1n) is 4.44. The van der Waals surface area contributed by atoms with Crippen molar-refractivity contribution in [3.63, 3.8) is 0 Å². The molecule has 0 bridgehead atoms. The molecule has 1 N–H and O–H groups in total. The van der Waals surface area contributed by atoms with Crippen LogP contribution in [0.5, 0.6) is 5.75 Å². The second-order valence-electron chi connectivity index (χ2n) is 2.91. The van der Waals surface area contributed by atoms with E-state index in [1.165, 1.54) is 6.07 Å². The van der Waals surface area contributed by atoms with Crippen molar-refractivity contribution in [3.05, 3.63) is 24.0 Å². The second-order valence-corrected chi connectivity index (χ2v) is 3.40. The number of halogens is 3. The summed E-state index contributed by atoms with van der Waals surface area (Å²) in [6.07, 6.45) is -0.00770. The largest absolute Gasteiger partial charge is 0.432 e. The molecule has 0 aliphatic carbocycles. The van der Waals surface area contributed by atoms with Crippen molar-refractivity contribution in [2.45, 2.75) is 13.0 Å². The van der Waals surface area contributed by atoms with E-state index in [-0.39, 0.29) is 17.1 Å². The molecule has 0 fully saturated rings. The summed E-state index contributed by atoms with van der Waals surface area (Å²) >= 11 is 4.77. The minimum Gasteiger partial charge on any atom is -0.432 e. The van der Waals surface area contributed by atoms with E-state index in [9.17, 15) is 13.2 Å². The summed E-state index contributed by atoms with van der Waals surface area (Å²) in [5, 5.41) is 10.9. The predicted molar refractivity (Wildman–Crippen MR) is 59.5 cm³/mol. The lowest BCUT2D eigenvalue weighted by Gasteiger charge is -2.08. The van der Waals surface area contributed by atoms with Gasteiger partial charge in [0, 0.05) is 11.8 Å². The quantitative estimate of drug-likeness (QED) is 0.845. The molecule has 1 aromatic carbocycles. The summed E-state index contributed by atoms with van der Waals surface area (Å²) in [7, 11) is 0. The highest BCUT2D eigenvalue weighted by atomic mass is 32.1. The molecule has 0 spiro atoms. The third-order valence-electron chi connectivity index (χ3n) is 1.67. The van der Waals surface area contributed by atoms with Crippen LogP contribution < -0.4 is 10.1 Å². The molecule has 0 aliphatic heterocycles. The van der Waals surface area contributed by atoms with Gasteiger partial charge in [0.2, 0.25) is 0 Å². The van der Waals surface area contributed by atoms with Crippen LogP contribution in [0.15, 0.2) is 18.2 Å². The van der Waals surface area contributed by atoms with E-state index >= 15 is 0 Å². The van der Waals surface area contributed by atoms with Gasteiger partial charge in [-0.25, -0.2) is 4.39 Å². The van der Waals surface area contributed by atoms with E-state index in [0.29, 0.717) is 0 Å². The van der Waals surface area contributed by atoms with Gasteiger partial charge >= 0.3 is 6.61 Å². The van der Waals surface area contributed by atoms with Gasteiger partial charge in [-0.1, -0.05) is 12.2 Å². The molecule has 0 amide bonds. The average molecular weight is 260 g/mol. The molecule has 0 saturated carbocycles. The van der Waals surface area contributed by atoms with Crippen molar-refractivity contribution in [2.75, 3.05) is 5.32 Å². The predicted octanol–water partition coefficient (Wildman–Crippen LogP) is 3.08. The number of hydrogen-bond acceptors (Lipinski definition) is 3. The van der Waals surface area contributed by atoms with E-state index in [1.807, 2.05) is 6.07 Å². The fraction of sp³-hybridized carbons (Fsp3) is 0.200. The molecule has 0 aliphatic rings. The van der Waals surface area contributed by atoms with Crippen LogP contribution in [0.1, 0.15) is 6.42 Å². The molecule has 3 nitrogen and oxygen atoms in total. The van der Waals surface area contributed by atoms with Crippen molar-refractivity contribution in [1.29, 1.82) is 5.26 Å². The molecule has 17 heavy (non-hydrogen) atoms. The Morgan fingerprint density at radius 1 is 1.53 bits per heavy atom. The van der Waals surface area contributed by atoms with Crippen molar-refractivity contribution < 1.29 is 17.9 Å². The Morgan fingerprint density at radius 3 is 2.76 bits per heavy atom. The molecule has 7 heteroatoms. The highest BCUT2D eigenvalue weighted by Crippen LogP contribution is 2.22. The topological polar surface area (TPSA) is 45.0 Å². The van der Waals surface area contributed by atoms with Gasteiger partial charge in [0.15, 0.2) is 11.6 Å². The molecular weight excluding hydrogens is 253 g/mol. The number of alkyl halides is 2. The maximum Gasteiger partial charge on any atom is 0.387 e. The number of rotatable bonds is 4. The lowest BCUT2D eigenvalue weighted by atomic mass is 10.3. The van der Waals surface area contributed by atoms with Crippen LogP contribution in [0.2, 0.25) is 0 Å². The fourth-order valence-electron chi connectivity index (χ4n) is 1.05. The average Bonchev–Trinajstić information content (AvgIpc) is 2.22. The van der Waals surface area contributed by atoms with Crippen molar-refractivity contribution in [3.8, 4) is 11.8 Å². The van der Waals surface area contributed by atoms with Gasteiger partial charge in [-0.3, -0.25) is 0 Å². The van der Waals surface area contributed by atoms with Crippen LogP contribution in [0.3, 0.4) is 0 Å². The lowest BCUT2D eigenvalue weighted by Crippen LogP contribution is -2.08. The smallest absolute Gasteiger partial charge is 0.387 e. The van der Waals surface area contributed by atoms with Gasteiger partial charge in [0.25, 0.3) is 0 Å². The molecular formula is C10H7F3N2OS. The summed E-state index contributed by atoms with van der Waals surface area (Å²) in [6.45, 7) is -3.08. The molecule has 1 aromatic rings. The number of nitrogens with one attached hydrogen (secondary N) is 1. The number of nitriles is 1. The Balaban J connectivity index is 2.75. The minimum atomic E-state index is -3.08. The number of hydrogen-bond donors (Lipinski definition) is 1. The minimum absolute atomic E-state index is 0.00770. The Labute approximate surface area is 101 Å². The van der Waals surface area contributed by atoms with Gasteiger partial charge in [0.1, 0.15) is 0 Å². The number of ether oxygens (including phenoxy) is 1. The van der Waals surface area contributed by atoms with E-state index in [0.717, 1.165) is 12.1 Å². The lowest BCUT2D eigenvalue weighted by molar-refractivity contribution is -0.0521. The van der Waals surface area contributed by atoms with Crippen LogP contribution in [-0.2, 0) is 0 Å². The number of nitrogens with zero attached hydrogens (tertiary/aromatic N) is 1. The monoisotopic (exact) mass is 260 g/mol. The normalized spacial score (nSPS) is 9.82. The zero-order chi connectivity index (χ0) is 12.8. The molecule has 90 valence electrons.